The van der Waals surface area contributed by atoms with Gasteiger partial charge >= 0.3 is 0 Å². The molecule has 3 heterocycles. The molecule has 2 aliphatic heterocycles. The Morgan fingerprint density at radius 2 is 1.91 bits per heavy atom. The molecule has 0 atom stereocenters. The van der Waals surface area contributed by atoms with E-state index in [2.05, 4.69) is 45.7 Å². The monoisotopic (exact) mass is 434 g/mol. The fourth-order valence-corrected chi connectivity index (χ4v) is 5.04. The molecule has 0 spiro atoms. The third-order valence-corrected chi connectivity index (χ3v) is 6.65. The van der Waals surface area contributed by atoms with Crippen molar-refractivity contribution in [1.29, 1.82) is 0 Å². The molecule has 1 amide bonds. The predicted octanol–water partition coefficient (Wildman–Crippen LogP) is 3.24. The number of carbonyl (C=O) groups excluding carboxylic acids is 1. The molecule has 0 radical (unpaired) electrons. The van der Waals surface area contributed by atoms with Gasteiger partial charge in [0.1, 0.15) is 0 Å². The van der Waals surface area contributed by atoms with Crippen LogP contribution in [0.2, 0.25) is 0 Å². The summed E-state index contributed by atoms with van der Waals surface area (Å²) in [6, 6.07) is 8.55. The number of nitrogens with zero attached hydrogens (tertiary/aromatic N) is 1. The van der Waals surface area contributed by atoms with E-state index in [0.29, 0.717) is 17.2 Å². The van der Waals surface area contributed by atoms with Gasteiger partial charge in [0.25, 0.3) is 11.5 Å². The number of pyridine rings is 1. The van der Waals surface area contributed by atoms with Crippen LogP contribution in [-0.4, -0.2) is 36.6 Å². The average molecular weight is 435 g/mol. The van der Waals surface area contributed by atoms with Crippen LogP contribution in [0.3, 0.4) is 0 Å². The maximum atomic E-state index is 13.3. The van der Waals surface area contributed by atoms with E-state index in [1.54, 1.807) is 0 Å². The summed E-state index contributed by atoms with van der Waals surface area (Å²) in [5, 5.41) is 6.47. The van der Waals surface area contributed by atoms with Gasteiger partial charge in [-0.1, -0.05) is 18.2 Å². The number of carbonyl (C=O) groups is 1. The highest BCUT2D eigenvalue weighted by molar-refractivity contribution is 5.97. The summed E-state index contributed by atoms with van der Waals surface area (Å²) in [5.41, 5.74) is 5.32. The fraction of sp³-hybridized carbons (Fsp3) is 0.462. The average Bonchev–Trinajstić information content (AvgIpc) is 2.79. The summed E-state index contributed by atoms with van der Waals surface area (Å²) >= 11 is 0. The summed E-state index contributed by atoms with van der Waals surface area (Å²) in [7, 11) is 0. The molecule has 32 heavy (non-hydrogen) atoms. The number of fused-ring (bicyclic) bond motifs is 2. The number of piperidine rings is 1. The van der Waals surface area contributed by atoms with E-state index in [9.17, 15) is 9.59 Å². The van der Waals surface area contributed by atoms with Crippen LogP contribution < -0.4 is 21.1 Å². The number of aromatic nitrogens is 1. The molecule has 170 valence electrons. The van der Waals surface area contributed by atoms with E-state index in [1.807, 2.05) is 25.1 Å². The lowest BCUT2D eigenvalue weighted by molar-refractivity contribution is 0.0950. The normalized spacial score (nSPS) is 18.5. The molecule has 1 aromatic carbocycles. The van der Waals surface area contributed by atoms with E-state index in [1.165, 1.54) is 0 Å². The van der Waals surface area contributed by atoms with E-state index >= 15 is 0 Å². The molecule has 0 bridgehead atoms. The number of aromatic amines is 1. The van der Waals surface area contributed by atoms with Gasteiger partial charge in [-0.25, -0.2) is 0 Å². The van der Waals surface area contributed by atoms with Gasteiger partial charge in [-0.2, -0.15) is 0 Å². The van der Waals surface area contributed by atoms with Gasteiger partial charge in [0.05, 0.1) is 0 Å². The molecule has 0 aliphatic carbocycles. The van der Waals surface area contributed by atoms with Gasteiger partial charge in [0.2, 0.25) is 0 Å². The quantitative estimate of drug-likeness (QED) is 0.648. The number of aryl methyl sites for hydroxylation is 2. The second kappa shape index (κ2) is 10.2. The molecule has 2 aromatic rings. The molecule has 1 saturated heterocycles. The molecular weight excluding hydrogens is 400 g/mol. The Labute approximate surface area is 190 Å². The molecule has 1 aromatic heterocycles. The van der Waals surface area contributed by atoms with Crippen molar-refractivity contribution in [3.05, 3.63) is 74.7 Å². The maximum Gasteiger partial charge on any atom is 0.253 e. The van der Waals surface area contributed by atoms with Crippen molar-refractivity contribution >= 4 is 11.6 Å². The molecule has 1 fully saturated rings. The van der Waals surface area contributed by atoms with Crippen molar-refractivity contribution in [2.24, 2.45) is 0 Å². The number of rotatable bonds is 3. The predicted molar refractivity (Wildman–Crippen MR) is 129 cm³/mol. The number of nitrogens with one attached hydrogen (secondary N) is 3. The standard InChI is InChI=1S/C26H34N4O2/c1-3-30(20-12-14-27-15-13-20)24-11-7-10-22-21(24)9-6-4-5-8-19-16-18(2)29-26(32)23(19)17-28-25(22)31/h4,6-7,10-11,16,20,27H,3,5,8-9,12-15,17H2,1-2H3,(H,28,31)(H,29,32)/b6-4+. The third-order valence-electron chi connectivity index (χ3n) is 6.65. The highest BCUT2D eigenvalue weighted by Gasteiger charge is 2.24. The summed E-state index contributed by atoms with van der Waals surface area (Å²) in [4.78, 5) is 31.2. The first-order chi connectivity index (χ1) is 15.6. The van der Waals surface area contributed by atoms with Gasteiger partial charge in [-0.05, 0) is 88.4 Å². The number of benzene rings is 1. The van der Waals surface area contributed by atoms with Crippen LogP contribution >= 0.6 is 0 Å². The van der Waals surface area contributed by atoms with E-state index < -0.39 is 0 Å². The van der Waals surface area contributed by atoms with Crippen molar-refractivity contribution in [3.63, 3.8) is 0 Å². The van der Waals surface area contributed by atoms with Crippen molar-refractivity contribution in [3.8, 4) is 0 Å². The molecule has 0 unspecified atom stereocenters. The minimum absolute atomic E-state index is 0.113. The first-order valence-corrected chi connectivity index (χ1v) is 11.8. The molecule has 6 heteroatoms. The van der Waals surface area contributed by atoms with Crippen LogP contribution in [-0.2, 0) is 19.4 Å². The van der Waals surface area contributed by atoms with Crippen LogP contribution in [0, 0.1) is 6.92 Å². The van der Waals surface area contributed by atoms with Crippen molar-refractivity contribution in [1.82, 2.24) is 15.6 Å². The summed E-state index contributed by atoms with van der Waals surface area (Å²) in [5.74, 6) is -0.122. The number of allylic oxidation sites excluding steroid dienone is 2. The van der Waals surface area contributed by atoms with Crippen molar-refractivity contribution in [2.45, 2.75) is 58.5 Å². The Bertz CT molecular complexity index is 1050. The maximum absolute atomic E-state index is 13.3. The minimum atomic E-state index is -0.122. The summed E-state index contributed by atoms with van der Waals surface area (Å²) in [6.45, 7) is 7.30. The van der Waals surface area contributed by atoms with E-state index in [4.69, 9.17) is 0 Å². The SMILES string of the molecule is CCN(c1cccc2c1C/C=C/CCc1cc(C)[nH]c(=O)c1CNC2=O)C1CCNCC1. The first-order valence-electron chi connectivity index (χ1n) is 11.8. The van der Waals surface area contributed by atoms with E-state index in [-0.39, 0.29) is 18.0 Å². The molecule has 3 N–H and O–H groups in total. The van der Waals surface area contributed by atoms with Crippen LogP contribution in [0.25, 0.3) is 0 Å². The fourth-order valence-electron chi connectivity index (χ4n) is 5.04. The smallest absolute Gasteiger partial charge is 0.253 e. The largest absolute Gasteiger partial charge is 0.368 e. The lowest BCUT2D eigenvalue weighted by atomic mass is 9.96. The van der Waals surface area contributed by atoms with Gasteiger partial charge in [0, 0.05) is 41.6 Å². The molecule has 4 rings (SSSR count). The highest BCUT2D eigenvalue weighted by Crippen LogP contribution is 2.29. The third kappa shape index (κ3) is 4.80. The van der Waals surface area contributed by atoms with Gasteiger partial charge in [-0.15, -0.1) is 0 Å². The second-order valence-electron chi connectivity index (χ2n) is 8.75. The summed E-state index contributed by atoms with van der Waals surface area (Å²) < 4.78 is 0. The Morgan fingerprint density at radius 1 is 1.09 bits per heavy atom. The van der Waals surface area contributed by atoms with Gasteiger partial charge in [0.15, 0.2) is 0 Å². The zero-order valence-electron chi connectivity index (χ0n) is 19.2. The number of amides is 1. The number of hydrogen-bond acceptors (Lipinski definition) is 4. The molecule has 2 aliphatic rings. The molecule has 6 nitrogen and oxygen atoms in total. The zero-order chi connectivity index (χ0) is 22.5. The van der Waals surface area contributed by atoms with Crippen LogP contribution in [0.5, 0.6) is 0 Å². The first kappa shape index (κ1) is 22.3. The van der Waals surface area contributed by atoms with E-state index in [0.717, 1.165) is 74.2 Å². The number of H-pyrrole nitrogens is 1. The van der Waals surface area contributed by atoms with Crippen molar-refractivity contribution < 1.29 is 4.79 Å². The lowest BCUT2D eigenvalue weighted by Gasteiger charge is -2.37. The van der Waals surface area contributed by atoms with Crippen LogP contribution in [0.15, 0.2) is 41.2 Å². The summed E-state index contributed by atoms with van der Waals surface area (Å²) in [6.07, 6.45) is 8.96. The van der Waals surface area contributed by atoms with Crippen LogP contribution in [0.1, 0.15) is 58.9 Å². The molecule has 0 saturated carbocycles. The van der Waals surface area contributed by atoms with Gasteiger partial charge in [-0.3, -0.25) is 9.59 Å². The zero-order valence-corrected chi connectivity index (χ0v) is 19.2. The minimum Gasteiger partial charge on any atom is -0.368 e. The topological polar surface area (TPSA) is 77.2 Å². The lowest BCUT2D eigenvalue weighted by Crippen LogP contribution is -2.43. The second-order valence-corrected chi connectivity index (χ2v) is 8.75. The van der Waals surface area contributed by atoms with Crippen molar-refractivity contribution in [2.75, 3.05) is 24.5 Å². The number of anilines is 1. The Kier molecular flexibility index (Phi) is 7.10. The Morgan fingerprint density at radius 3 is 2.69 bits per heavy atom. The Balaban J connectivity index is 1.70. The number of hydrogen-bond donors (Lipinski definition) is 3. The molecular formula is C26H34N4O2. The highest BCUT2D eigenvalue weighted by atomic mass is 16.1. The van der Waals surface area contributed by atoms with Crippen LogP contribution in [0.4, 0.5) is 5.69 Å². The van der Waals surface area contributed by atoms with Gasteiger partial charge < -0.3 is 20.5 Å². The Hall–Kier alpha value is -2.86.